The minimum atomic E-state index is -3.86. The average Bonchev–Trinajstić information content (AvgIpc) is 3.15. The zero-order valence-electron chi connectivity index (χ0n) is 20.6. The first-order valence-electron chi connectivity index (χ1n) is 12.0. The summed E-state index contributed by atoms with van der Waals surface area (Å²) in [5.41, 5.74) is 0.945. The van der Waals surface area contributed by atoms with Crippen molar-refractivity contribution < 1.29 is 17.8 Å². The van der Waals surface area contributed by atoms with Gasteiger partial charge in [0.15, 0.2) is 11.3 Å². The van der Waals surface area contributed by atoms with Crippen LogP contribution >= 0.6 is 0 Å². The molecule has 0 unspecified atom stereocenters. The van der Waals surface area contributed by atoms with Crippen molar-refractivity contribution in [1.82, 2.24) is 23.9 Å². The monoisotopic (exact) mass is 506 g/mol. The molecule has 12 heteroatoms. The first kappa shape index (κ1) is 25.3. The van der Waals surface area contributed by atoms with Gasteiger partial charge in [0.25, 0.3) is 5.56 Å². The molecule has 2 aromatic heterocycles. The number of aromatic amines is 1. The van der Waals surface area contributed by atoms with Crippen LogP contribution in [0.3, 0.4) is 0 Å². The number of hydrogen-bond acceptors (Lipinski definition) is 7. The van der Waals surface area contributed by atoms with E-state index in [2.05, 4.69) is 15.1 Å². The zero-order chi connectivity index (χ0) is 25.4. The molecule has 190 valence electrons. The van der Waals surface area contributed by atoms with Crippen molar-refractivity contribution >= 4 is 15.5 Å². The summed E-state index contributed by atoms with van der Waals surface area (Å²) < 4.78 is 35.1. The number of hydroxylamine groups is 3. The summed E-state index contributed by atoms with van der Waals surface area (Å²) in [6.45, 7) is 8.90. The summed E-state index contributed by atoms with van der Waals surface area (Å²) in [5.74, 6) is 1.26. The number of imidazole rings is 1. The maximum atomic E-state index is 13.4. The van der Waals surface area contributed by atoms with Crippen LogP contribution in [0.4, 0.5) is 0 Å². The van der Waals surface area contributed by atoms with E-state index in [4.69, 9.17) is 4.74 Å². The normalized spacial score (nSPS) is 16.6. The lowest BCUT2D eigenvalue weighted by molar-refractivity contribution is -0.882. The van der Waals surface area contributed by atoms with E-state index in [1.807, 2.05) is 20.8 Å². The Bertz CT molecular complexity index is 1390. The highest BCUT2D eigenvalue weighted by Crippen LogP contribution is 2.32. The molecule has 0 bridgehead atoms. The van der Waals surface area contributed by atoms with Gasteiger partial charge < -0.3 is 19.6 Å². The summed E-state index contributed by atoms with van der Waals surface area (Å²) in [4.78, 5) is 20.3. The third kappa shape index (κ3) is 4.70. The van der Waals surface area contributed by atoms with Crippen LogP contribution in [0.15, 0.2) is 27.9 Å². The molecule has 1 fully saturated rings. The second-order valence-electron chi connectivity index (χ2n) is 8.74. The van der Waals surface area contributed by atoms with Crippen LogP contribution in [0.25, 0.3) is 16.9 Å². The molecular formula is C23H32N6O5S. The van der Waals surface area contributed by atoms with Gasteiger partial charge in [-0.2, -0.15) is 4.31 Å². The van der Waals surface area contributed by atoms with E-state index in [1.165, 1.54) is 21.0 Å². The van der Waals surface area contributed by atoms with E-state index < -0.39 is 14.7 Å². The number of fused-ring (bicyclic) bond motifs is 1. The lowest BCUT2D eigenvalue weighted by Crippen LogP contribution is -2.57. The topological polar surface area (TPSA) is 133 Å². The first-order valence-corrected chi connectivity index (χ1v) is 13.4. The van der Waals surface area contributed by atoms with Gasteiger partial charge in [-0.25, -0.2) is 17.9 Å². The number of nitrogens with zero attached hydrogens (tertiary/aromatic N) is 5. The van der Waals surface area contributed by atoms with Gasteiger partial charge >= 0.3 is 0 Å². The van der Waals surface area contributed by atoms with Gasteiger partial charge in [-0.15, -0.1) is 5.10 Å². The number of piperazine rings is 1. The fourth-order valence-corrected chi connectivity index (χ4v) is 5.84. The number of hydrogen-bond donors (Lipinski definition) is 1. The predicted molar refractivity (Wildman–Crippen MR) is 132 cm³/mol. The van der Waals surface area contributed by atoms with Gasteiger partial charge in [0.2, 0.25) is 10.0 Å². The maximum absolute atomic E-state index is 13.4. The Morgan fingerprint density at radius 1 is 1.23 bits per heavy atom. The van der Waals surface area contributed by atoms with Crippen molar-refractivity contribution in [1.29, 1.82) is 0 Å². The Hall–Kier alpha value is -2.80. The molecule has 0 saturated carbocycles. The van der Waals surface area contributed by atoms with E-state index >= 15 is 0 Å². The SMILES string of the molecule is CCCc1nc(C)c2c(=O)[nH][14c](-c3cc(S(=O)(=O)N4CC[N+]([O-])(CC)CC4)ccc3OCC)nn12. The van der Waals surface area contributed by atoms with E-state index in [0.29, 0.717) is 47.9 Å². The lowest BCUT2D eigenvalue weighted by atomic mass is 10.3. The van der Waals surface area contributed by atoms with Crippen LogP contribution in [-0.2, 0) is 16.4 Å². The number of likely N-dealkylation sites (N-methyl/N-ethyl adjacent to an activating group) is 1. The molecule has 3 aromatic rings. The number of aromatic nitrogens is 4. The van der Waals surface area contributed by atoms with Gasteiger partial charge in [-0.3, -0.25) is 4.79 Å². The molecule has 35 heavy (non-hydrogen) atoms. The van der Waals surface area contributed by atoms with Crippen molar-refractivity contribution in [3.05, 3.63) is 45.3 Å². The number of nitrogens with one attached hydrogen (secondary N) is 1. The fourth-order valence-electron chi connectivity index (χ4n) is 4.40. The lowest BCUT2D eigenvalue weighted by Gasteiger charge is -2.47. The molecule has 0 atom stereocenters. The maximum Gasteiger partial charge on any atom is 0.277 e. The third-order valence-electron chi connectivity index (χ3n) is 6.45. The Balaban J connectivity index is 1.80. The second kappa shape index (κ2) is 9.69. The van der Waals surface area contributed by atoms with Crippen molar-refractivity contribution in [3.63, 3.8) is 0 Å². The van der Waals surface area contributed by atoms with E-state index in [9.17, 15) is 18.4 Å². The highest BCUT2D eigenvalue weighted by molar-refractivity contribution is 7.89. The van der Waals surface area contributed by atoms with E-state index in [1.54, 1.807) is 13.0 Å². The number of sulfonamides is 1. The van der Waals surface area contributed by atoms with Gasteiger partial charge in [0.05, 0.1) is 55.5 Å². The molecule has 1 saturated heterocycles. The van der Waals surface area contributed by atoms with Crippen molar-refractivity contribution in [2.45, 2.75) is 45.4 Å². The predicted octanol–water partition coefficient (Wildman–Crippen LogP) is 2.08. The van der Waals surface area contributed by atoms with Crippen LogP contribution < -0.4 is 10.3 Å². The molecule has 0 radical (unpaired) electrons. The molecule has 1 aliphatic heterocycles. The van der Waals surface area contributed by atoms with Crippen LogP contribution in [0, 0.1) is 12.1 Å². The number of rotatable bonds is 8. The number of aryl methyl sites for hydroxylation is 2. The second-order valence-corrected chi connectivity index (χ2v) is 10.7. The molecule has 0 spiro atoms. The quantitative estimate of drug-likeness (QED) is 0.365. The number of H-pyrrole nitrogens is 1. The largest absolute Gasteiger partial charge is 0.633 e. The fraction of sp³-hybridized carbons (Fsp3) is 0.522. The average molecular weight is 507 g/mol. The van der Waals surface area contributed by atoms with Crippen molar-refractivity contribution in [2.24, 2.45) is 0 Å². The summed E-state index contributed by atoms with van der Waals surface area (Å²) in [6, 6.07) is 4.53. The molecule has 1 N–H and O–H groups in total. The molecule has 1 aromatic carbocycles. The van der Waals surface area contributed by atoms with Gasteiger partial charge in [-0.05, 0) is 45.4 Å². The Morgan fingerprint density at radius 3 is 2.57 bits per heavy atom. The zero-order valence-corrected chi connectivity index (χ0v) is 21.4. The van der Waals surface area contributed by atoms with Gasteiger partial charge in [0.1, 0.15) is 11.6 Å². The summed E-state index contributed by atoms with van der Waals surface area (Å²) in [5, 5.41) is 17.1. The van der Waals surface area contributed by atoms with Crippen molar-refractivity contribution in [2.75, 3.05) is 39.3 Å². The first-order chi connectivity index (χ1) is 16.6. The van der Waals surface area contributed by atoms with E-state index in [0.717, 1.165) is 6.42 Å². The molecule has 0 aliphatic carbocycles. The van der Waals surface area contributed by atoms with Crippen LogP contribution in [0.1, 0.15) is 38.7 Å². The van der Waals surface area contributed by atoms with Crippen LogP contribution in [-0.4, -0.2) is 76.3 Å². The highest BCUT2D eigenvalue weighted by atomic mass is 32.2. The number of quaternary nitrogens is 1. The summed E-state index contributed by atoms with van der Waals surface area (Å²) in [7, 11) is -3.86. The van der Waals surface area contributed by atoms with Crippen molar-refractivity contribution in [3.8, 4) is 17.1 Å². The molecular weight excluding hydrogens is 474 g/mol. The minimum Gasteiger partial charge on any atom is -0.633 e. The van der Waals surface area contributed by atoms with Gasteiger partial charge in [-0.1, -0.05) is 6.92 Å². The molecule has 0 amide bonds. The Morgan fingerprint density at radius 2 is 1.94 bits per heavy atom. The molecule has 4 rings (SSSR count). The van der Waals surface area contributed by atoms with Gasteiger partial charge in [0, 0.05) is 6.42 Å². The third-order valence-corrected chi connectivity index (χ3v) is 8.34. The standard InChI is InChI=1S/C23H32N6O5S/c1-5-8-20-24-16(4)21-23(30)25-22(26-28(20)21)18-15-17(9-10-19(18)34-7-3)35(32,33)27-11-13-29(31,6-2)14-12-27/h9-10,15H,5-8,11-14H2,1-4H3,(H,25,26,30)/i22+2. The smallest absolute Gasteiger partial charge is 0.277 e. The molecule has 1 aliphatic rings. The molecule has 11 nitrogen and oxygen atoms in total. The van der Waals surface area contributed by atoms with E-state index in [-0.39, 0.29) is 42.5 Å². The Labute approximate surface area is 204 Å². The number of ether oxygens (including phenoxy) is 1. The van der Waals surface area contributed by atoms with Crippen LogP contribution in [0.2, 0.25) is 0 Å². The minimum absolute atomic E-state index is 0.0525. The van der Waals surface area contributed by atoms with Crippen LogP contribution in [0.5, 0.6) is 5.75 Å². The summed E-state index contributed by atoms with van der Waals surface area (Å²) in [6.07, 6.45) is 1.47. The number of benzene rings is 1. The highest BCUT2D eigenvalue weighted by Gasteiger charge is 2.33. The molecule has 3 heterocycles. The Kier molecular flexibility index (Phi) is 7.00. The summed E-state index contributed by atoms with van der Waals surface area (Å²) >= 11 is 0.